The lowest BCUT2D eigenvalue weighted by molar-refractivity contribution is 1.06. The molecule has 0 aliphatic heterocycles. The van der Waals surface area contributed by atoms with Gasteiger partial charge in [-0.05, 0) is 17.7 Å². The number of aromatic nitrogens is 3. The van der Waals surface area contributed by atoms with Crippen molar-refractivity contribution >= 4 is 28.5 Å². The van der Waals surface area contributed by atoms with Crippen LogP contribution in [-0.2, 0) is 0 Å². The number of nitrogens with two attached hydrogens (primary N) is 1. The Kier molecular flexibility index (Phi) is 3.16. The number of rotatable bonds is 1. The summed E-state index contributed by atoms with van der Waals surface area (Å²) in [6, 6.07) is 8.57. The van der Waals surface area contributed by atoms with Crippen molar-refractivity contribution in [2.24, 2.45) is 0 Å². The molecule has 108 valence electrons. The molecule has 3 aromatic rings. The molecule has 0 unspecified atom stereocenters. The normalized spacial score (nSPS) is 10.5. The van der Waals surface area contributed by atoms with E-state index in [1.807, 2.05) is 6.07 Å². The van der Waals surface area contributed by atoms with Crippen LogP contribution in [-0.4, -0.2) is 15.0 Å². The molecule has 22 heavy (non-hydrogen) atoms. The summed E-state index contributed by atoms with van der Waals surface area (Å²) < 4.78 is 0. The minimum absolute atomic E-state index is 0.0141. The fourth-order valence-corrected chi connectivity index (χ4v) is 2.46. The Labute approximate surface area is 128 Å². The Bertz CT molecular complexity index is 1060. The van der Waals surface area contributed by atoms with Crippen LogP contribution in [0.5, 0.6) is 0 Å². The molecule has 0 radical (unpaired) electrons. The number of aromatic amines is 2. The number of benzene rings is 1. The van der Waals surface area contributed by atoms with Crippen molar-refractivity contribution < 1.29 is 0 Å². The van der Waals surface area contributed by atoms with Crippen LogP contribution >= 0.6 is 11.6 Å². The zero-order valence-electron chi connectivity index (χ0n) is 11.0. The highest BCUT2D eigenvalue weighted by molar-refractivity contribution is 6.31. The molecule has 0 aliphatic carbocycles. The van der Waals surface area contributed by atoms with Crippen molar-refractivity contribution in [1.82, 2.24) is 15.0 Å². The van der Waals surface area contributed by atoms with E-state index in [9.17, 15) is 14.9 Å². The summed E-state index contributed by atoms with van der Waals surface area (Å²) in [6.45, 7) is 0. The molecule has 0 saturated heterocycles. The summed E-state index contributed by atoms with van der Waals surface area (Å²) in [5, 5.41) is 9.86. The third-order valence-electron chi connectivity index (χ3n) is 3.14. The Hall–Kier alpha value is -3.11. The van der Waals surface area contributed by atoms with Gasteiger partial charge in [0.25, 0.3) is 5.56 Å². The van der Waals surface area contributed by atoms with Gasteiger partial charge in [0.15, 0.2) is 0 Å². The molecule has 0 spiro atoms. The molecule has 2 aromatic heterocycles. The van der Waals surface area contributed by atoms with E-state index in [-0.39, 0.29) is 28.0 Å². The molecule has 0 fully saturated rings. The van der Waals surface area contributed by atoms with Gasteiger partial charge in [-0.2, -0.15) is 5.26 Å². The van der Waals surface area contributed by atoms with Crippen LogP contribution in [0, 0.1) is 11.3 Å². The maximum Gasteiger partial charge on any atom is 0.327 e. The number of fused-ring (bicyclic) bond motifs is 1. The summed E-state index contributed by atoms with van der Waals surface area (Å²) in [5.41, 5.74) is 5.29. The van der Waals surface area contributed by atoms with Gasteiger partial charge in [0.2, 0.25) is 0 Å². The van der Waals surface area contributed by atoms with Crippen molar-refractivity contribution in [2.75, 3.05) is 5.73 Å². The molecule has 8 heteroatoms. The highest BCUT2D eigenvalue weighted by Crippen LogP contribution is 2.32. The number of hydrogen-bond acceptors (Lipinski definition) is 5. The summed E-state index contributed by atoms with van der Waals surface area (Å²) in [6.07, 6.45) is 0. The first-order chi connectivity index (χ1) is 10.5. The Morgan fingerprint density at radius 1 is 1.27 bits per heavy atom. The number of nitrogen functional groups attached to an aromatic ring is 1. The summed E-state index contributed by atoms with van der Waals surface area (Å²) in [5.74, 6) is -0.0776. The van der Waals surface area contributed by atoms with E-state index in [0.29, 0.717) is 10.6 Å². The van der Waals surface area contributed by atoms with Crippen molar-refractivity contribution in [3.8, 4) is 17.2 Å². The average molecular weight is 314 g/mol. The van der Waals surface area contributed by atoms with Crippen LogP contribution < -0.4 is 17.0 Å². The molecular formula is C14H8ClN5O2. The second-order valence-electron chi connectivity index (χ2n) is 4.50. The van der Waals surface area contributed by atoms with Gasteiger partial charge in [-0.1, -0.05) is 23.7 Å². The van der Waals surface area contributed by atoms with Gasteiger partial charge in [-0.25, -0.2) is 9.78 Å². The molecule has 3 rings (SSSR count). The third-order valence-corrected chi connectivity index (χ3v) is 3.37. The number of halogens is 1. The molecule has 0 amide bonds. The monoisotopic (exact) mass is 313 g/mol. The Balaban J connectivity index is 2.59. The van der Waals surface area contributed by atoms with Crippen molar-refractivity contribution in [1.29, 1.82) is 5.26 Å². The van der Waals surface area contributed by atoms with E-state index < -0.39 is 11.2 Å². The van der Waals surface area contributed by atoms with Gasteiger partial charge in [0.05, 0.1) is 5.39 Å². The lowest BCUT2D eigenvalue weighted by Gasteiger charge is -2.10. The van der Waals surface area contributed by atoms with Gasteiger partial charge < -0.3 is 5.73 Å². The van der Waals surface area contributed by atoms with Gasteiger partial charge in [-0.3, -0.25) is 14.8 Å². The lowest BCUT2D eigenvalue weighted by Crippen LogP contribution is -2.23. The first kappa shape index (κ1) is 13.9. The quantitative estimate of drug-likeness (QED) is 0.625. The summed E-state index contributed by atoms with van der Waals surface area (Å²) in [4.78, 5) is 32.0. The SMILES string of the molecule is N#Cc1c(N)nc2[nH]c(=O)[nH]c(=O)c2c1-c1cccc(Cl)c1. The molecule has 0 saturated carbocycles. The topological polar surface area (TPSA) is 128 Å². The molecule has 4 N–H and O–H groups in total. The predicted octanol–water partition coefficient (Wildman–Crippen LogP) is 1.39. The second-order valence-corrected chi connectivity index (χ2v) is 4.94. The lowest BCUT2D eigenvalue weighted by atomic mass is 9.98. The van der Waals surface area contributed by atoms with Gasteiger partial charge >= 0.3 is 5.69 Å². The first-order valence-corrected chi connectivity index (χ1v) is 6.51. The predicted molar refractivity (Wildman–Crippen MR) is 82.6 cm³/mol. The van der Waals surface area contributed by atoms with Crippen LogP contribution in [0.3, 0.4) is 0 Å². The Morgan fingerprint density at radius 2 is 2.05 bits per heavy atom. The summed E-state index contributed by atoms with van der Waals surface area (Å²) >= 11 is 5.97. The van der Waals surface area contributed by atoms with Crippen LogP contribution in [0.1, 0.15) is 5.56 Å². The number of hydrogen-bond donors (Lipinski definition) is 3. The fourth-order valence-electron chi connectivity index (χ4n) is 2.27. The van der Waals surface area contributed by atoms with Gasteiger partial charge in [0.1, 0.15) is 23.1 Å². The third kappa shape index (κ3) is 2.12. The number of pyridine rings is 1. The minimum Gasteiger partial charge on any atom is -0.383 e. The van der Waals surface area contributed by atoms with Gasteiger partial charge in [0, 0.05) is 10.6 Å². The highest BCUT2D eigenvalue weighted by atomic mass is 35.5. The van der Waals surface area contributed by atoms with Crippen molar-refractivity contribution in [2.45, 2.75) is 0 Å². The fraction of sp³-hybridized carbons (Fsp3) is 0. The molecule has 7 nitrogen and oxygen atoms in total. The molecule has 0 bridgehead atoms. The smallest absolute Gasteiger partial charge is 0.327 e. The summed E-state index contributed by atoms with van der Waals surface area (Å²) in [7, 11) is 0. The van der Waals surface area contributed by atoms with Crippen LogP contribution in [0.2, 0.25) is 5.02 Å². The first-order valence-electron chi connectivity index (χ1n) is 6.13. The Morgan fingerprint density at radius 3 is 2.73 bits per heavy atom. The average Bonchev–Trinajstić information content (AvgIpc) is 2.45. The number of nitriles is 1. The van der Waals surface area contributed by atoms with Crippen LogP contribution in [0.15, 0.2) is 33.9 Å². The van der Waals surface area contributed by atoms with Crippen LogP contribution in [0.4, 0.5) is 5.82 Å². The maximum absolute atomic E-state index is 12.2. The molecular weight excluding hydrogens is 306 g/mol. The van der Waals surface area contributed by atoms with E-state index >= 15 is 0 Å². The number of nitrogens with zero attached hydrogens (tertiary/aromatic N) is 2. The van der Waals surface area contributed by atoms with Crippen molar-refractivity contribution in [3.63, 3.8) is 0 Å². The number of nitrogens with one attached hydrogen (secondary N) is 2. The molecule has 0 atom stereocenters. The molecule has 0 aliphatic rings. The molecule has 1 aromatic carbocycles. The van der Waals surface area contributed by atoms with Gasteiger partial charge in [-0.15, -0.1) is 0 Å². The largest absolute Gasteiger partial charge is 0.383 e. The van der Waals surface area contributed by atoms with E-state index in [1.165, 1.54) is 0 Å². The second kappa shape index (κ2) is 5.02. The van der Waals surface area contributed by atoms with E-state index in [2.05, 4.69) is 15.0 Å². The minimum atomic E-state index is -0.703. The maximum atomic E-state index is 12.2. The standard InChI is InChI=1S/C14H8ClN5O2/c15-7-3-1-2-6(4-7)9-8(5-16)11(17)18-12-10(9)13(21)20-14(22)19-12/h1-4H,(H4,17,18,19,20,21,22). The zero-order chi connectivity index (χ0) is 15.9. The van der Waals surface area contributed by atoms with E-state index in [4.69, 9.17) is 17.3 Å². The highest BCUT2D eigenvalue weighted by Gasteiger charge is 2.18. The van der Waals surface area contributed by atoms with E-state index in [0.717, 1.165) is 0 Å². The van der Waals surface area contributed by atoms with E-state index in [1.54, 1.807) is 24.3 Å². The number of anilines is 1. The molecule has 2 heterocycles. The van der Waals surface area contributed by atoms with Crippen LogP contribution in [0.25, 0.3) is 22.2 Å². The van der Waals surface area contributed by atoms with Crippen molar-refractivity contribution in [3.05, 3.63) is 55.7 Å². The zero-order valence-corrected chi connectivity index (χ0v) is 11.7. The number of H-pyrrole nitrogens is 2.